The van der Waals surface area contributed by atoms with Gasteiger partial charge in [0, 0.05) is 4.88 Å². The molecule has 96 valence electrons. The second kappa shape index (κ2) is 6.25. The van der Waals surface area contributed by atoms with Crippen molar-refractivity contribution in [1.29, 1.82) is 0 Å². The van der Waals surface area contributed by atoms with Crippen LogP contribution in [0.4, 0.5) is 0 Å². The molecule has 0 amide bonds. The van der Waals surface area contributed by atoms with Crippen molar-refractivity contribution < 1.29 is 4.79 Å². The summed E-state index contributed by atoms with van der Waals surface area (Å²) in [5.41, 5.74) is 0. The maximum absolute atomic E-state index is 12.1. The Morgan fingerprint density at radius 2 is 1.89 bits per heavy atom. The zero-order chi connectivity index (χ0) is 13.3. The molecule has 0 aliphatic heterocycles. The Bertz CT molecular complexity index is 566. The van der Waals surface area contributed by atoms with Crippen LogP contribution < -0.4 is 0 Å². The number of rotatable bonds is 4. The molecule has 2 heterocycles. The average Bonchev–Trinajstić information content (AvgIpc) is 2.95. The number of thiophene rings is 2. The van der Waals surface area contributed by atoms with Crippen molar-refractivity contribution in [2.24, 2.45) is 0 Å². The molecule has 0 aliphatic carbocycles. The Hall–Kier alpha value is 0.420. The van der Waals surface area contributed by atoms with Gasteiger partial charge in [-0.05, 0) is 40.2 Å². The molecule has 2 aromatic heterocycles. The standard InChI is InChI=1S/C11H6BrCl3OS2/c12-7-3-1-5(17-7)9(14)10(15)11(16)6-2-4-8(13)18-6/h1-4,9-10H/t9-,10-/m0/s1. The second-order valence-electron chi connectivity index (χ2n) is 3.41. The summed E-state index contributed by atoms with van der Waals surface area (Å²) in [6.07, 6.45) is 0. The Morgan fingerprint density at radius 3 is 2.39 bits per heavy atom. The van der Waals surface area contributed by atoms with Crippen molar-refractivity contribution in [3.8, 4) is 0 Å². The first-order chi connectivity index (χ1) is 8.49. The first-order valence-electron chi connectivity index (χ1n) is 4.82. The van der Waals surface area contributed by atoms with Gasteiger partial charge in [0.15, 0.2) is 5.78 Å². The highest BCUT2D eigenvalue weighted by Crippen LogP contribution is 2.37. The first-order valence-corrected chi connectivity index (χ1v) is 8.49. The van der Waals surface area contributed by atoms with E-state index in [4.69, 9.17) is 34.8 Å². The molecule has 0 spiro atoms. The fourth-order valence-corrected chi connectivity index (χ4v) is 4.51. The molecule has 0 aromatic carbocycles. The molecule has 2 atom stereocenters. The number of carbonyl (C=O) groups is 1. The summed E-state index contributed by atoms with van der Waals surface area (Å²) in [5.74, 6) is -0.196. The summed E-state index contributed by atoms with van der Waals surface area (Å²) < 4.78 is 1.52. The van der Waals surface area contributed by atoms with E-state index in [1.165, 1.54) is 22.7 Å². The average molecular weight is 405 g/mol. The molecule has 0 aliphatic rings. The molecular weight excluding hydrogens is 399 g/mol. The topological polar surface area (TPSA) is 17.1 Å². The predicted molar refractivity (Wildman–Crippen MR) is 83.9 cm³/mol. The lowest BCUT2D eigenvalue weighted by Crippen LogP contribution is -2.18. The third-order valence-electron chi connectivity index (χ3n) is 2.19. The van der Waals surface area contributed by atoms with Crippen molar-refractivity contribution in [2.45, 2.75) is 10.8 Å². The molecule has 0 bridgehead atoms. The Balaban J connectivity index is 2.16. The number of hydrogen-bond donors (Lipinski definition) is 0. The summed E-state index contributed by atoms with van der Waals surface area (Å²) in [6, 6.07) is 7.08. The first kappa shape index (κ1) is 14.8. The number of halogens is 4. The van der Waals surface area contributed by atoms with Crippen molar-refractivity contribution in [1.82, 2.24) is 0 Å². The molecular formula is C11H6BrCl3OS2. The Morgan fingerprint density at radius 1 is 1.17 bits per heavy atom. The Labute approximate surface area is 136 Å². The maximum atomic E-state index is 12.1. The van der Waals surface area contributed by atoms with Crippen LogP contribution in [0.25, 0.3) is 0 Å². The van der Waals surface area contributed by atoms with E-state index in [1.807, 2.05) is 12.1 Å². The van der Waals surface area contributed by atoms with E-state index in [2.05, 4.69) is 15.9 Å². The van der Waals surface area contributed by atoms with E-state index in [-0.39, 0.29) is 5.78 Å². The summed E-state index contributed by atoms with van der Waals surface area (Å²) in [6.45, 7) is 0. The number of carbonyl (C=O) groups excluding carboxylic acids is 1. The van der Waals surface area contributed by atoms with E-state index in [1.54, 1.807) is 12.1 Å². The number of ketones is 1. The fourth-order valence-electron chi connectivity index (χ4n) is 1.34. The SMILES string of the molecule is O=C(c1ccc(Cl)s1)[C@@H](Cl)[C@@H](Cl)c1ccc(Br)s1. The van der Waals surface area contributed by atoms with Gasteiger partial charge >= 0.3 is 0 Å². The number of hydrogen-bond acceptors (Lipinski definition) is 3. The third kappa shape index (κ3) is 3.30. The van der Waals surface area contributed by atoms with Crippen molar-refractivity contribution in [3.05, 3.63) is 42.1 Å². The smallest absolute Gasteiger partial charge is 0.192 e. The molecule has 0 N–H and O–H groups in total. The van der Waals surface area contributed by atoms with Gasteiger partial charge in [0.1, 0.15) is 5.38 Å². The van der Waals surface area contributed by atoms with Crippen LogP contribution in [0, 0.1) is 0 Å². The summed E-state index contributed by atoms with van der Waals surface area (Å²) in [4.78, 5) is 13.5. The zero-order valence-corrected chi connectivity index (χ0v) is 14.2. The van der Waals surface area contributed by atoms with Gasteiger partial charge in [-0.3, -0.25) is 4.79 Å². The fraction of sp³-hybridized carbons (Fsp3) is 0.182. The molecule has 0 radical (unpaired) electrons. The normalized spacial score (nSPS) is 14.4. The molecule has 0 unspecified atom stereocenters. The van der Waals surface area contributed by atoms with E-state index < -0.39 is 10.8 Å². The second-order valence-corrected chi connectivity index (χ2v) is 8.56. The van der Waals surface area contributed by atoms with Gasteiger partial charge in [-0.1, -0.05) is 11.6 Å². The highest BCUT2D eigenvalue weighted by atomic mass is 79.9. The summed E-state index contributed by atoms with van der Waals surface area (Å²) in [5, 5.41) is -1.34. The van der Waals surface area contributed by atoms with Gasteiger partial charge in [0.25, 0.3) is 0 Å². The summed E-state index contributed by atoms with van der Waals surface area (Å²) in [7, 11) is 0. The van der Waals surface area contributed by atoms with Crippen molar-refractivity contribution in [3.63, 3.8) is 0 Å². The van der Waals surface area contributed by atoms with Crippen LogP contribution in [0.2, 0.25) is 4.34 Å². The van der Waals surface area contributed by atoms with E-state index in [0.717, 1.165) is 8.66 Å². The molecule has 0 saturated carbocycles. The quantitative estimate of drug-likeness (QED) is 0.451. The lowest BCUT2D eigenvalue weighted by Gasteiger charge is -2.12. The summed E-state index contributed by atoms with van der Waals surface area (Å²) >= 11 is 24.2. The minimum Gasteiger partial charge on any atom is -0.292 e. The van der Waals surface area contributed by atoms with Crippen LogP contribution in [0.5, 0.6) is 0 Å². The van der Waals surface area contributed by atoms with E-state index in [0.29, 0.717) is 9.21 Å². The molecule has 7 heteroatoms. The van der Waals surface area contributed by atoms with Gasteiger partial charge in [-0.15, -0.1) is 45.9 Å². The number of alkyl halides is 2. The Kier molecular flexibility index (Phi) is 5.14. The third-order valence-corrected chi connectivity index (χ3v) is 6.34. The molecule has 2 rings (SSSR count). The van der Waals surface area contributed by atoms with Crippen LogP contribution in [-0.2, 0) is 0 Å². The largest absolute Gasteiger partial charge is 0.292 e. The van der Waals surface area contributed by atoms with Crippen LogP contribution in [-0.4, -0.2) is 11.2 Å². The lowest BCUT2D eigenvalue weighted by atomic mass is 10.1. The minimum atomic E-state index is -0.799. The van der Waals surface area contributed by atoms with Crippen LogP contribution >= 0.6 is 73.4 Å². The lowest BCUT2D eigenvalue weighted by molar-refractivity contribution is 0.0989. The highest BCUT2D eigenvalue weighted by molar-refractivity contribution is 9.11. The molecule has 2 aromatic rings. The van der Waals surface area contributed by atoms with Crippen molar-refractivity contribution >= 4 is 79.2 Å². The van der Waals surface area contributed by atoms with Crippen molar-refractivity contribution in [2.75, 3.05) is 0 Å². The van der Waals surface area contributed by atoms with Crippen LogP contribution in [0.15, 0.2) is 28.1 Å². The van der Waals surface area contributed by atoms with E-state index >= 15 is 0 Å². The maximum Gasteiger partial charge on any atom is 0.192 e. The monoisotopic (exact) mass is 402 g/mol. The van der Waals surface area contributed by atoms with Crippen LogP contribution in [0.3, 0.4) is 0 Å². The predicted octanol–water partition coefficient (Wildman–Crippen LogP) is 6.00. The molecule has 18 heavy (non-hydrogen) atoms. The van der Waals surface area contributed by atoms with Gasteiger partial charge in [-0.25, -0.2) is 0 Å². The van der Waals surface area contributed by atoms with Gasteiger partial charge in [0.2, 0.25) is 0 Å². The highest BCUT2D eigenvalue weighted by Gasteiger charge is 2.28. The molecule has 0 saturated heterocycles. The molecule has 0 fully saturated rings. The van der Waals surface area contributed by atoms with Gasteiger partial charge in [-0.2, -0.15) is 0 Å². The minimum absolute atomic E-state index is 0.196. The number of Topliss-reactive ketones (excluding diaryl/α,β-unsaturated/α-hetero) is 1. The van der Waals surface area contributed by atoms with E-state index in [9.17, 15) is 4.79 Å². The van der Waals surface area contributed by atoms with Gasteiger partial charge < -0.3 is 0 Å². The zero-order valence-electron chi connectivity index (χ0n) is 8.70. The van der Waals surface area contributed by atoms with Crippen LogP contribution in [0.1, 0.15) is 19.9 Å². The van der Waals surface area contributed by atoms with Gasteiger partial charge in [0.05, 0.1) is 18.4 Å². The molecule has 1 nitrogen and oxygen atoms in total.